The summed E-state index contributed by atoms with van der Waals surface area (Å²) in [5.41, 5.74) is 2.04. The summed E-state index contributed by atoms with van der Waals surface area (Å²) in [6.07, 6.45) is -4.68. The normalized spacial score (nSPS) is 16.1. The zero-order valence-corrected chi connectivity index (χ0v) is 15.1. The average Bonchev–Trinajstić information content (AvgIpc) is 2.64. The summed E-state index contributed by atoms with van der Waals surface area (Å²) in [5.74, 6) is -0.218. The summed E-state index contributed by atoms with van der Waals surface area (Å²) >= 11 is 0. The fourth-order valence-electron chi connectivity index (χ4n) is 3.14. The van der Waals surface area contributed by atoms with E-state index >= 15 is 0 Å². The number of halogens is 3. The topological polar surface area (TPSA) is 58.9 Å². The lowest BCUT2D eigenvalue weighted by atomic mass is 10.1. The van der Waals surface area contributed by atoms with Crippen LogP contribution in [0.5, 0.6) is 5.75 Å². The summed E-state index contributed by atoms with van der Waals surface area (Å²) < 4.78 is 40.5. The molecule has 1 heterocycles. The molecule has 0 N–H and O–H groups in total. The Hall–Kier alpha value is -2.65. The number of ether oxygens (including phenoxy) is 1. The first-order valence-electron chi connectivity index (χ1n) is 8.81. The molecule has 0 atom stereocenters. The molecule has 28 heavy (non-hydrogen) atoms. The van der Waals surface area contributed by atoms with E-state index in [1.165, 1.54) is 24.3 Å². The SMILES string of the molecule is O=[N+]([O-])c1ccc(CN2CCN(Cc3ccc(OC(F)(F)F)cc3)CC2)cc1. The molecule has 3 rings (SSSR count). The molecule has 0 aromatic heterocycles. The first-order valence-corrected chi connectivity index (χ1v) is 8.81. The maximum Gasteiger partial charge on any atom is 0.573 e. The van der Waals surface area contributed by atoms with Gasteiger partial charge in [0.05, 0.1) is 4.92 Å². The number of hydrogen-bond donors (Lipinski definition) is 0. The van der Waals surface area contributed by atoms with E-state index in [-0.39, 0.29) is 11.4 Å². The molecule has 0 aliphatic carbocycles. The number of nitro benzene ring substituents is 1. The van der Waals surface area contributed by atoms with E-state index in [1.54, 1.807) is 24.3 Å². The molecular weight excluding hydrogens is 375 g/mol. The molecule has 2 aromatic rings. The lowest BCUT2D eigenvalue weighted by molar-refractivity contribution is -0.384. The van der Waals surface area contributed by atoms with Gasteiger partial charge in [0.2, 0.25) is 0 Å². The zero-order chi connectivity index (χ0) is 20.1. The molecule has 0 unspecified atom stereocenters. The molecule has 9 heteroatoms. The van der Waals surface area contributed by atoms with Crippen LogP contribution >= 0.6 is 0 Å². The van der Waals surface area contributed by atoms with E-state index in [4.69, 9.17) is 0 Å². The van der Waals surface area contributed by atoms with Crippen molar-refractivity contribution in [2.45, 2.75) is 19.5 Å². The van der Waals surface area contributed by atoms with Crippen molar-refractivity contribution in [3.63, 3.8) is 0 Å². The lowest BCUT2D eigenvalue weighted by Crippen LogP contribution is -2.45. The molecular formula is C19H20F3N3O3. The van der Waals surface area contributed by atoms with Gasteiger partial charge >= 0.3 is 6.36 Å². The molecule has 1 fully saturated rings. The van der Waals surface area contributed by atoms with Crippen molar-refractivity contribution < 1.29 is 22.8 Å². The van der Waals surface area contributed by atoms with E-state index in [0.29, 0.717) is 6.54 Å². The zero-order valence-electron chi connectivity index (χ0n) is 15.1. The van der Waals surface area contributed by atoms with Crippen molar-refractivity contribution in [3.05, 3.63) is 69.8 Å². The van der Waals surface area contributed by atoms with Crippen LogP contribution < -0.4 is 4.74 Å². The quantitative estimate of drug-likeness (QED) is 0.550. The second-order valence-corrected chi connectivity index (χ2v) is 6.67. The molecule has 0 amide bonds. The van der Waals surface area contributed by atoms with Crippen molar-refractivity contribution in [1.82, 2.24) is 9.80 Å². The predicted molar refractivity (Wildman–Crippen MR) is 96.8 cm³/mol. The first-order chi connectivity index (χ1) is 13.3. The maximum atomic E-state index is 12.2. The number of benzene rings is 2. The number of nitrogens with zero attached hydrogens (tertiary/aromatic N) is 3. The van der Waals surface area contributed by atoms with Crippen molar-refractivity contribution in [1.29, 1.82) is 0 Å². The van der Waals surface area contributed by atoms with Crippen molar-refractivity contribution in [2.75, 3.05) is 26.2 Å². The molecule has 1 saturated heterocycles. The van der Waals surface area contributed by atoms with Crippen LogP contribution in [0.1, 0.15) is 11.1 Å². The minimum atomic E-state index is -4.68. The number of non-ortho nitro benzene ring substituents is 1. The van der Waals surface area contributed by atoms with Gasteiger partial charge in [0.15, 0.2) is 0 Å². The van der Waals surface area contributed by atoms with Gasteiger partial charge in [-0.05, 0) is 23.3 Å². The number of nitro groups is 1. The van der Waals surface area contributed by atoms with Gasteiger partial charge in [0, 0.05) is 51.4 Å². The summed E-state index contributed by atoms with van der Waals surface area (Å²) in [5, 5.41) is 10.7. The molecule has 1 aliphatic heterocycles. The lowest BCUT2D eigenvalue weighted by Gasteiger charge is -2.34. The summed E-state index contributed by atoms with van der Waals surface area (Å²) in [7, 11) is 0. The van der Waals surface area contributed by atoms with Gasteiger partial charge in [0.1, 0.15) is 5.75 Å². The Morgan fingerprint density at radius 1 is 0.857 bits per heavy atom. The summed E-state index contributed by atoms with van der Waals surface area (Å²) in [4.78, 5) is 14.8. The highest BCUT2D eigenvalue weighted by molar-refractivity contribution is 5.32. The fourth-order valence-corrected chi connectivity index (χ4v) is 3.14. The fraction of sp³-hybridized carbons (Fsp3) is 0.368. The molecule has 0 spiro atoms. The van der Waals surface area contributed by atoms with Crippen molar-refractivity contribution in [3.8, 4) is 5.75 Å². The molecule has 2 aromatic carbocycles. The maximum absolute atomic E-state index is 12.2. The minimum absolute atomic E-state index is 0.0835. The predicted octanol–water partition coefficient (Wildman–Crippen LogP) is 3.81. The number of hydrogen-bond acceptors (Lipinski definition) is 5. The molecule has 1 aliphatic rings. The van der Waals surface area contributed by atoms with E-state index in [9.17, 15) is 23.3 Å². The van der Waals surface area contributed by atoms with Gasteiger partial charge in [0.25, 0.3) is 5.69 Å². The number of alkyl halides is 3. The number of piperazine rings is 1. The molecule has 0 bridgehead atoms. The third kappa shape index (κ3) is 5.93. The average molecular weight is 395 g/mol. The standard InChI is InChI=1S/C19H20F3N3O3/c20-19(21,22)28-18-7-3-16(4-8-18)14-24-11-9-23(10-12-24)13-15-1-5-17(6-2-15)25(26)27/h1-8H,9-14H2. The minimum Gasteiger partial charge on any atom is -0.406 e. The van der Waals surface area contributed by atoms with Gasteiger partial charge in [-0.3, -0.25) is 19.9 Å². The molecule has 150 valence electrons. The Labute approximate surface area is 160 Å². The van der Waals surface area contributed by atoms with Gasteiger partial charge in [-0.1, -0.05) is 24.3 Å². The van der Waals surface area contributed by atoms with Gasteiger partial charge < -0.3 is 4.74 Å². The van der Waals surface area contributed by atoms with E-state index in [0.717, 1.165) is 43.9 Å². The molecule has 0 radical (unpaired) electrons. The Balaban J connectivity index is 1.45. The summed E-state index contributed by atoms with van der Waals surface area (Å²) in [6.45, 7) is 4.78. The van der Waals surface area contributed by atoms with Crippen molar-refractivity contribution >= 4 is 5.69 Å². The van der Waals surface area contributed by atoms with Crippen LogP contribution in [-0.2, 0) is 13.1 Å². The Morgan fingerprint density at radius 2 is 1.29 bits per heavy atom. The van der Waals surface area contributed by atoms with E-state index in [1.807, 2.05) is 0 Å². The second kappa shape index (κ2) is 8.57. The third-order valence-corrected chi connectivity index (χ3v) is 4.58. The van der Waals surface area contributed by atoms with Crippen LogP contribution in [0.4, 0.5) is 18.9 Å². The monoisotopic (exact) mass is 395 g/mol. The Kier molecular flexibility index (Phi) is 6.15. The van der Waals surface area contributed by atoms with Crippen LogP contribution in [0.3, 0.4) is 0 Å². The largest absolute Gasteiger partial charge is 0.573 e. The third-order valence-electron chi connectivity index (χ3n) is 4.58. The number of rotatable bonds is 6. The second-order valence-electron chi connectivity index (χ2n) is 6.67. The Bertz CT molecular complexity index is 787. The van der Waals surface area contributed by atoms with Crippen LogP contribution in [0.25, 0.3) is 0 Å². The Morgan fingerprint density at radius 3 is 1.68 bits per heavy atom. The van der Waals surface area contributed by atoms with E-state index in [2.05, 4.69) is 14.5 Å². The van der Waals surface area contributed by atoms with Gasteiger partial charge in [-0.2, -0.15) is 0 Å². The van der Waals surface area contributed by atoms with E-state index < -0.39 is 11.3 Å². The van der Waals surface area contributed by atoms with Crippen LogP contribution in [0.15, 0.2) is 48.5 Å². The highest BCUT2D eigenvalue weighted by atomic mass is 19.4. The highest BCUT2D eigenvalue weighted by Crippen LogP contribution is 2.23. The smallest absolute Gasteiger partial charge is 0.406 e. The van der Waals surface area contributed by atoms with Gasteiger partial charge in [-0.25, -0.2) is 0 Å². The van der Waals surface area contributed by atoms with Crippen LogP contribution in [-0.4, -0.2) is 47.3 Å². The highest BCUT2D eigenvalue weighted by Gasteiger charge is 2.31. The first kappa shape index (κ1) is 20.1. The van der Waals surface area contributed by atoms with Gasteiger partial charge in [-0.15, -0.1) is 13.2 Å². The summed E-state index contributed by atoms with van der Waals surface area (Å²) in [6, 6.07) is 12.5. The van der Waals surface area contributed by atoms with Crippen LogP contribution in [0, 0.1) is 10.1 Å². The van der Waals surface area contributed by atoms with Crippen LogP contribution in [0.2, 0.25) is 0 Å². The molecule has 6 nitrogen and oxygen atoms in total. The molecule has 0 saturated carbocycles. The van der Waals surface area contributed by atoms with Crippen molar-refractivity contribution in [2.24, 2.45) is 0 Å².